The highest BCUT2D eigenvalue weighted by atomic mass is 19.1. The smallest absolute Gasteiger partial charge is 0.246 e. The van der Waals surface area contributed by atoms with Crippen LogP contribution in [0.4, 0.5) is 4.39 Å². The van der Waals surface area contributed by atoms with Crippen LogP contribution in [0.1, 0.15) is 34.7 Å². The van der Waals surface area contributed by atoms with Gasteiger partial charge in [0.15, 0.2) is 5.78 Å². The number of hydrogen-bond acceptors (Lipinski definition) is 5. The Morgan fingerprint density at radius 3 is 2.56 bits per heavy atom. The molecule has 0 atom stereocenters. The van der Waals surface area contributed by atoms with Crippen LogP contribution in [0, 0.1) is 12.7 Å². The number of aryl methyl sites for hydroxylation is 1. The zero-order valence-electron chi connectivity index (χ0n) is 14.7. The van der Waals surface area contributed by atoms with Crippen molar-refractivity contribution >= 4 is 11.7 Å². The second-order valence-electron chi connectivity index (χ2n) is 6.03. The Labute approximate surface area is 155 Å². The summed E-state index contributed by atoms with van der Waals surface area (Å²) in [5.41, 5.74) is 2.13. The van der Waals surface area contributed by atoms with Crippen molar-refractivity contribution in [1.29, 1.82) is 0 Å². The van der Waals surface area contributed by atoms with E-state index in [2.05, 4.69) is 15.5 Å². The summed E-state index contributed by atoms with van der Waals surface area (Å²) in [6.07, 6.45) is 0.202. The molecule has 3 aromatic rings. The van der Waals surface area contributed by atoms with Gasteiger partial charge in [-0.1, -0.05) is 29.4 Å². The molecule has 0 aliphatic carbocycles. The zero-order valence-corrected chi connectivity index (χ0v) is 14.7. The number of amides is 1. The molecule has 3 rings (SSSR count). The third kappa shape index (κ3) is 4.84. The summed E-state index contributed by atoms with van der Waals surface area (Å²) in [4.78, 5) is 28.3. The lowest BCUT2D eigenvalue weighted by Crippen LogP contribution is -2.23. The normalized spacial score (nSPS) is 10.6. The Morgan fingerprint density at radius 1 is 1.07 bits per heavy atom. The topological polar surface area (TPSA) is 85.1 Å². The van der Waals surface area contributed by atoms with Gasteiger partial charge in [0.1, 0.15) is 5.82 Å². The van der Waals surface area contributed by atoms with E-state index in [-0.39, 0.29) is 42.8 Å². The Hall–Kier alpha value is -3.35. The molecule has 0 aliphatic heterocycles. The van der Waals surface area contributed by atoms with Crippen molar-refractivity contribution < 1.29 is 18.5 Å². The molecule has 0 saturated heterocycles. The first-order valence-corrected chi connectivity index (χ1v) is 8.47. The van der Waals surface area contributed by atoms with Crippen molar-refractivity contribution in [2.45, 2.75) is 26.3 Å². The highest BCUT2D eigenvalue weighted by molar-refractivity contribution is 5.99. The molecule has 6 nitrogen and oxygen atoms in total. The summed E-state index contributed by atoms with van der Waals surface area (Å²) in [6, 6.07) is 13.0. The van der Waals surface area contributed by atoms with Crippen LogP contribution >= 0.6 is 0 Å². The molecule has 0 fully saturated rings. The average molecular weight is 367 g/mol. The number of carbonyl (C=O) groups is 2. The van der Waals surface area contributed by atoms with Crippen molar-refractivity contribution in [1.82, 2.24) is 15.5 Å². The summed E-state index contributed by atoms with van der Waals surface area (Å²) < 4.78 is 18.0. The number of nitrogens with one attached hydrogen (secondary N) is 1. The van der Waals surface area contributed by atoms with Crippen molar-refractivity contribution in [3.63, 3.8) is 0 Å². The van der Waals surface area contributed by atoms with Gasteiger partial charge in [-0.05, 0) is 36.8 Å². The van der Waals surface area contributed by atoms with Crippen LogP contribution < -0.4 is 5.32 Å². The zero-order chi connectivity index (χ0) is 19.2. The number of hydrogen-bond donors (Lipinski definition) is 1. The van der Waals surface area contributed by atoms with Crippen molar-refractivity contribution in [2.75, 3.05) is 0 Å². The number of ketones is 1. The largest absolute Gasteiger partial charge is 0.347 e. The molecule has 0 bridgehead atoms. The van der Waals surface area contributed by atoms with Crippen molar-refractivity contribution in [3.8, 4) is 11.4 Å². The number of halogens is 1. The number of rotatable bonds is 7. The minimum atomic E-state index is -0.352. The van der Waals surface area contributed by atoms with E-state index < -0.39 is 0 Å². The van der Waals surface area contributed by atoms with Crippen LogP contribution in [0.25, 0.3) is 11.4 Å². The lowest BCUT2D eigenvalue weighted by molar-refractivity contribution is -0.121. The third-order valence-electron chi connectivity index (χ3n) is 4.03. The van der Waals surface area contributed by atoms with Gasteiger partial charge in [0.2, 0.25) is 17.6 Å². The average Bonchev–Trinajstić information content (AvgIpc) is 3.14. The molecule has 1 heterocycles. The van der Waals surface area contributed by atoms with Crippen LogP contribution in [0.2, 0.25) is 0 Å². The first-order valence-electron chi connectivity index (χ1n) is 8.47. The van der Waals surface area contributed by atoms with Gasteiger partial charge in [-0.15, -0.1) is 0 Å². The summed E-state index contributed by atoms with van der Waals surface area (Å²) in [5, 5.41) is 6.45. The second kappa shape index (κ2) is 8.35. The number of Topliss-reactive ketones (excluding diaryl/α,β-unsaturated/α-hetero) is 1. The Balaban J connectivity index is 1.49. The minimum absolute atomic E-state index is 0.0611. The van der Waals surface area contributed by atoms with Crippen molar-refractivity contribution in [3.05, 3.63) is 71.4 Å². The molecule has 1 amide bonds. The summed E-state index contributed by atoms with van der Waals surface area (Å²) >= 11 is 0. The van der Waals surface area contributed by atoms with E-state index in [0.29, 0.717) is 17.0 Å². The standard InChI is InChI=1S/C20H18FN3O3/c1-13-4-2-3-5-16(13)17(25)10-11-18(26)22-12-19-23-20(24-27-19)14-6-8-15(21)9-7-14/h2-9H,10-12H2,1H3,(H,22,26). The van der Waals surface area contributed by atoms with Gasteiger partial charge in [-0.2, -0.15) is 4.98 Å². The van der Waals surface area contributed by atoms with E-state index in [1.54, 1.807) is 24.3 Å². The number of nitrogens with zero attached hydrogens (tertiary/aromatic N) is 2. The summed E-state index contributed by atoms with van der Waals surface area (Å²) in [6.45, 7) is 1.92. The quantitative estimate of drug-likeness (QED) is 0.647. The highest BCUT2D eigenvalue weighted by Gasteiger charge is 2.13. The van der Waals surface area contributed by atoms with Gasteiger partial charge in [-0.3, -0.25) is 9.59 Å². The predicted molar refractivity (Wildman–Crippen MR) is 96.3 cm³/mol. The fourth-order valence-electron chi connectivity index (χ4n) is 2.55. The van der Waals surface area contributed by atoms with Gasteiger partial charge in [0, 0.05) is 24.0 Å². The third-order valence-corrected chi connectivity index (χ3v) is 4.03. The van der Waals surface area contributed by atoms with Crippen molar-refractivity contribution in [2.24, 2.45) is 0 Å². The van der Waals surface area contributed by atoms with Gasteiger partial charge in [0.05, 0.1) is 6.54 Å². The van der Waals surface area contributed by atoms with Gasteiger partial charge in [0.25, 0.3) is 0 Å². The number of benzene rings is 2. The maximum Gasteiger partial charge on any atom is 0.246 e. The van der Waals surface area contributed by atoms with Crippen LogP contribution in [0.15, 0.2) is 53.1 Å². The summed E-state index contributed by atoms with van der Waals surface area (Å²) in [7, 11) is 0. The molecule has 0 aliphatic rings. The number of aromatic nitrogens is 2. The molecule has 0 spiro atoms. The molecule has 1 N–H and O–H groups in total. The maximum absolute atomic E-state index is 12.9. The monoisotopic (exact) mass is 367 g/mol. The molecule has 138 valence electrons. The van der Waals surface area contributed by atoms with Gasteiger partial charge in [-0.25, -0.2) is 4.39 Å². The van der Waals surface area contributed by atoms with Gasteiger partial charge >= 0.3 is 0 Å². The van der Waals surface area contributed by atoms with Crippen LogP contribution in [-0.2, 0) is 11.3 Å². The molecule has 0 radical (unpaired) electrons. The van der Waals surface area contributed by atoms with E-state index in [9.17, 15) is 14.0 Å². The lowest BCUT2D eigenvalue weighted by Gasteiger charge is -2.05. The first kappa shape index (κ1) is 18.4. The van der Waals surface area contributed by atoms with Gasteiger partial charge < -0.3 is 9.84 Å². The molecule has 0 unspecified atom stereocenters. The second-order valence-corrected chi connectivity index (χ2v) is 6.03. The van der Waals surface area contributed by atoms with E-state index in [1.807, 2.05) is 19.1 Å². The highest BCUT2D eigenvalue weighted by Crippen LogP contribution is 2.16. The van der Waals surface area contributed by atoms with Crippen LogP contribution in [-0.4, -0.2) is 21.8 Å². The SMILES string of the molecule is Cc1ccccc1C(=O)CCC(=O)NCc1nc(-c2ccc(F)cc2)no1. The molecule has 1 aromatic heterocycles. The van der Waals surface area contributed by atoms with E-state index >= 15 is 0 Å². The molecular formula is C20H18FN3O3. The Morgan fingerprint density at radius 2 is 1.81 bits per heavy atom. The van der Waals surface area contributed by atoms with E-state index in [4.69, 9.17) is 4.52 Å². The minimum Gasteiger partial charge on any atom is -0.347 e. The lowest BCUT2D eigenvalue weighted by atomic mass is 10.0. The number of carbonyl (C=O) groups excluding carboxylic acids is 2. The fraction of sp³-hybridized carbons (Fsp3) is 0.200. The van der Waals surface area contributed by atoms with E-state index in [0.717, 1.165) is 5.56 Å². The maximum atomic E-state index is 12.9. The molecule has 2 aromatic carbocycles. The fourth-order valence-corrected chi connectivity index (χ4v) is 2.55. The van der Waals surface area contributed by atoms with E-state index in [1.165, 1.54) is 12.1 Å². The molecule has 27 heavy (non-hydrogen) atoms. The molecule has 0 saturated carbocycles. The predicted octanol–water partition coefficient (Wildman–Crippen LogP) is 3.46. The van der Waals surface area contributed by atoms with Crippen LogP contribution in [0.5, 0.6) is 0 Å². The Bertz CT molecular complexity index is 951. The van der Waals surface area contributed by atoms with Crippen LogP contribution in [0.3, 0.4) is 0 Å². The Kier molecular flexibility index (Phi) is 5.71. The molecular weight excluding hydrogens is 349 g/mol. The summed E-state index contributed by atoms with van der Waals surface area (Å²) in [5.74, 6) is -0.157. The first-order chi connectivity index (χ1) is 13.0. The molecule has 7 heteroatoms.